The molecule has 1 N–H and O–H groups in total. The lowest BCUT2D eigenvalue weighted by molar-refractivity contribution is -0.158. The van der Waals surface area contributed by atoms with Crippen LogP contribution >= 0.6 is 0 Å². The minimum absolute atomic E-state index is 0.0152. The Labute approximate surface area is 110 Å². The molecule has 6 unspecified atom stereocenters. The number of ketones is 1. The van der Waals surface area contributed by atoms with E-state index in [2.05, 4.69) is 6.58 Å². The summed E-state index contributed by atoms with van der Waals surface area (Å²) in [7, 11) is 0. The minimum Gasteiger partial charge on any atom is -0.481 e. The topological polar surface area (TPSA) is 80.7 Å². The van der Waals surface area contributed by atoms with E-state index in [1.165, 1.54) is 0 Å². The molecule has 3 aliphatic carbocycles. The van der Waals surface area contributed by atoms with E-state index in [0.717, 1.165) is 0 Å². The van der Waals surface area contributed by atoms with Gasteiger partial charge in [0.1, 0.15) is 11.9 Å². The fraction of sp³-hybridized carbons (Fsp3) is 0.643. The number of hydrogen-bond donors (Lipinski definition) is 1. The summed E-state index contributed by atoms with van der Waals surface area (Å²) in [4.78, 5) is 35.0. The van der Waals surface area contributed by atoms with Gasteiger partial charge >= 0.3 is 11.9 Å². The van der Waals surface area contributed by atoms with Crippen molar-refractivity contribution >= 4 is 17.7 Å². The Balaban J connectivity index is 1.88. The molecule has 0 spiro atoms. The van der Waals surface area contributed by atoms with E-state index in [-0.39, 0.29) is 29.5 Å². The van der Waals surface area contributed by atoms with Crippen LogP contribution in [0.4, 0.5) is 0 Å². The van der Waals surface area contributed by atoms with Crippen molar-refractivity contribution < 1.29 is 24.2 Å². The number of hydrogen-bond acceptors (Lipinski definition) is 4. The van der Waals surface area contributed by atoms with Crippen molar-refractivity contribution in [3.63, 3.8) is 0 Å². The lowest BCUT2D eigenvalue weighted by Crippen LogP contribution is -2.40. The van der Waals surface area contributed by atoms with Crippen molar-refractivity contribution in [3.8, 4) is 0 Å². The molecule has 3 rings (SSSR count). The molecule has 3 fully saturated rings. The van der Waals surface area contributed by atoms with Crippen LogP contribution in [-0.2, 0) is 19.1 Å². The van der Waals surface area contributed by atoms with Gasteiger partial charge in [0.15, 0.2) is 0 Å². The second kappa shape index (κ2) is 3.92. The van der Waals surface area contributed by atoms with Gasteiger partial charge in [-0.2, -0.15) is 0 Å². The Morgan fingerprint density at radius 1 is 1.32 bits per heavy atom. The smallest absolute Gasteiger partial charge is 0.333 e. The summed E-state index contributed by atoms with van der Waals surface area (Å²) in [5.41, 5.74) is 0.301. The monoisotopic (exact) mass is 264 g/mol. The molecule has 3 saturated carbocycles. The Kier molecular flexibility index (Phi) is 2.56. The van der Waals surface area contributed by atoms with Crippen LogP contribution in [0.5, 0.6) is 0 Å². The van der Waals surface area contributed by atoms with E-state index in [4.69, 9.17) is 4.74 Å². The van der Waals surface area contributed by atoms with Gasteiger partial charge in [-0.05, 0) is 19.3 Å². The summed E-state index contributed by atoms with van der Waals surface area (Å²) >= 11 is 0. The van der Waals surface area contributed by atoms with Gasteiger partial charge in [-0.1, -0.05) is 6.58 Å². The molecule has 0 saturated heterocycles. The van der Waals surface area contributed by atoms with Gasteiger partial charge in [0.25, 0.3) is 0 Å². The number of carboxylic acids is 1. The number of rotatable bonds is 3. The summed E-state index contributed by atoms with van der Waals surface area (Å²) in [5.74, 6) is -2.56. The zero-order valence-electron chi connectivity index (χ0n) is 10.7. The summed E-state index contributed by atoms with van der Waals surface area (Å²) in [5, 5.41) is 9.32. The Morgan fingerprint density at radius 3 is 2.58 bits per heavy atom. The van der Waals surface area contributed by atoms with E-state index in [0.29, 0.717) is 18.4 Å². The first-order chi connectivity index (χ1) is 8.91. The van der Waals surface area contributed by atoms with E-state index in [9.17, 15) is 19.5 Å². The zero-order chi connectivity index (χ0) is 13.9. The maximum absolute atomic E-state index is 12.0. The molecule has 0 heterocycles. The highest BCUT2D eigenvalue weighted by molar-refractivity contribution is 5.91. The highest BCUT2D eigenvalue weighted by Gasteiger charge is 2.67. The van der Waals surface area contributed by atoms with Crippen LogP contribution in [0.2, 0.25) is 0 Å². The molecule has 0 aliphatic heterocycles. The first-order valence-corrected chi connectivity index (χ1v) is 6.54. The number of ether oxygens (including phenoxy) is 1. The highest BCUT2D eigenvalue weighted by atomic mass is 16.5. The number of aliphatic carboxylic acids is 1. The Morgan fingerprint density at radius 2 is 2.00 bits per heavy atom. The third-order valence-corrected chi connectivity index (χ3v) is 4.93. The van der Waals surface area contributed by atoms with Crippen molar-refractivity contribution in [2.24, 2.45) is 29.6 Å². The second-order valence-electron chi connectivity index (χ2n) is 5.94. The van der Waals surface area contributed by atoms with Gasteiger partial charge in [-0.25, -0.2) is 4.79 Å². The Bertz CT molecular complexity index is 494. The minimum atomic E-state index is -0.942. The van der Waals surface area contributed by atoms with Crippen molar-refractivity contribution in [3.05, 3.63) is 12.2 Å². The van der Waals surface area contributed by atoms with Crippen molar-refractivity contribution in [2.75, 3.05) is 0 Å². The molecule has 19 heavy (non-hydrogen) atoms. The average molecular weight is 264 g/mol. The van der Waals surface area contributed by atoms with Gasteiger partial charge in [0.05, 0.1) is 5.92 Å². The predicted octanol–water partition coefficient (Wildman–Crippen LogP) is 1.03. The van der Waals surface area contributed by atoms with Crippen molar-refractivity contribution in [1.29, 1.82) is 0 Å². The average Bonchev–Trinajstić information content (AvgIpc) is 2.91. The van der Waals surface area contributed by atoms with E-state index in [1.807, 2.05) is 0 Å². The van der Waals surface area contributed by atoms with Gasteiger partial charge in [-0.15, -0.1) is 0 Å². The number of carboxylic acid groups (broad SMARTS) is 1. The number of carbonyl (C=O) groups is 3. The van der Waals surface area contributed by atoms with Crippen LogP contribution in [0.25, 0.3) is 0 Å². The van der Waals surface area contributed by atoms with E-state index >= 15 is 0 Å². The standard InChI is InChI=1S/C14H16O5/c1-5(2)14(18)19-12-7-4-9(15)10-6(7)3-8(12)11(10)13(16)17/h6-8,10-12H,1,3-4H2,2H3,(H,16,17). The highest BCUT2D eigenvalue weighted by Crippen LogP contribution is 2.62. The summed E-state index contributed by atoms with van der Waals surface area (Å²) < 4.78 is 5.41. The van der Waals surface area contributed by atoms with Crippen LogP contribution in [0, 0.1) is 29.6 Å². The second-order valence-corrected chi connectivity index (χ2v) is 5.94. The fourth-order valence-corrected chi connectivity index (χ4v) is 4.29. The fourth-order valence-electron chi connectivity index (χ4n) is 4.29. The van der Waals surface area contributed by atoms with Crippen molar-refractivity contribution in [1.82, 2.24) is 0 Å². The molecular weight excluding hydrogens is 248 g/mol. The third kappa shape index (κ3) is 1.57. The molecule has 2 bridgehead atoms. The Hall–Kier alpha value is -1.65. The summed E-state index contributed by atoms with van der Waals surface area (Å²) in [6.07, 6.45) is 0.605. The molecule has 3 aliphatic rings. The SMILES string of the molecule is C=C(C)C(=O)OC1C2CC(=O)C3C2CC1C3C(=O)O. The summed E-state index contributed by atoms with van der Waals surface area (Å²) in [6, 6.07) is 0. The zero-order valence-corrected chi connectivity index (χ0v) is 10.7. The van der Waals surface area contributed by atoms with Gasteiger partial charge < -0.3 is 9.84 Å². The number of esters is 1. The molecule has 0 radical (unpaired) electrons. The molecular formula is C14H16O5. The van der Waals surface area contributed by atoms with Gasteiger partial charge in [-0.3, -0.25) is 9.59 Å². The lowest BCUT2D eigenvalue weighted by atomic mass is 9.78. The molecule has 5 heteroatoms. The third-order valence-electron chi connectivity index (χ3n) is 4.93. The maximum Gasteiger partial charge on any atom is 0.333 e. The molecule has 6 atom stereocenters. The van der Waals surface area contributed by atoms with E-state index < -0.39 is 24.0 Å². The molecule has 0 amide bonds. The largest absolute Gasteiger partial charge is 0.481 e. The number of Topliss-reactive ketones (excluding diaryl/α,β-unsaturated/α-hetero) is 1. The summed E-state index contributed by atoms with van der Waals surface area (Å²) in [6.45, 7) is 5.09. The first-order valence-electron chi connectivity index (χ1n) is 6.54. The maximum atomic E-state index is 12.0. The molecule has 102 valence electrons. The normalized spacial score (nSPS) is 42.5. The van der Waals surface area contributed by atoms with Crippen LogP contribution in [0.1, 0.15) is 19.8 Å². The van der Waals surface area contributed by atoms with Crippen molar-refractivity contribution in [2.45, 2.75) is 25.9 Å². The van der Waals surface area contributed by atoms with Gasteiger partial charge in [0, 0.05) is 29.7 Å². The quantitative estimate of drug-likeness (QED) is 0.608. The van der Waals surface area contributed by atoms with Crippen LogP contribution < -0.4 is 0 Å². The molecule has 0 aromatic carbocycles. The number of carbonyl (C=O) groups excluding carboxylic acids is 2. The first kappa shape index (κ1) is 12.4. The van der Waals surface area contributed by atoms with Gasteiger partial charge in [0.2, 0.25) is 0 Å². The molecule has 5 nitrogen and oxygen atoms in total. The van der Waals surface area contributed by atoms with Crippen LogP contribution in [0.15, 0.2) is 12.2 Å². The van der Waals surface area contributed by atoms with E-state index in [1.54, 1.807) is 6.92 Å². The number of fused-ring (bicyclic) bond motifs is 1. The molecule has 0 aromatic heterocycles. The van der Waals surface area contributed by atoms with Crippen LogP contribution in [-0.4, -0.2) is 28.9 Å². The molecule has 0 aromatic rings. The lowest BCUT2D eigenvalue weighted by Gasteiger charge is -2.31. The predicted molar refractivity (Wildman–Crippen MR) is 64.0 cm³/mol. The van der Waals surface area contributed by atoms with Crippen LogP contribution in [0.3, 0.4) is 0 Å².